The first kappa shape index (κ1) is 19.5. The number of nitrogens with zero attached hydrogens (tertiary/aromatic N) is 4. The molecule has 6 unspecified atom stereocenters. The van der Waals surface area contributed by atoms with Crippen LogP contribution in [-0.4, -0.2) is 28.0 Å². The average Bonchev–Trinajstić information content (AvgIpc) is 3.36. The highest BCUT2D eigenvalue weighted by molar-refractivity contribution is 6.00. The first-order chi connectivity index (χ1) is 15.3. The third-order valence-electron chi connectivity index (χ3n) is 8.30. The minimum atomic E-state index is 0.261. The van der Waals surface area contributed by atoms with Gasteiger partial charge in [-0.1, -0.05) is 31.1 Å². The monoisotopic (exact) mass is 417 g/mol. The number of guanidine groups is 1. The van der Waals surface area contributed by atoms with E-state index in [0.29, 0.717) is 17.9 Å². The van der Waals surface area contributed by atoms with Crippen LogP contribution in [0.5, 0.6) is 0 Å². The van der Waals surface area contributed by atoms with Crippen molar-refractivity contribution in [2.24, 2.45) is 33.7 Å². The van der Waals surface area contributed by atoms with Crippen LogP contribution in [0, 0.1) is 23.7 Å². The van der Waals surface area contributed by atoms with E-state index in [0.717, 1.165) is 29.9 Å². The van der Waals surface area contributed by atoms with E-state index in [1.807, 2.05) is 6.20 Å². The van der Waals surface area contributed by atoms with Crippen LogP contribution in [0.1, 0.15) is 76.7 Å². The summed E-state index contributed by atoms with van der Waals surface area (Å²) in [5.74, 6) is 3.92. The summed E-state index contributed by atoms with van der Waals surface area (Å²) in [6.07, 6.45) is 27.5. The highest BCUT2D eigenvalue weighted by Crippen LogP contribution is 2.48. The normalized spacial score (nSPS) is 37.0. The molecule has 5 nitrogen and oxygen atoms in total. The van der Waals surface area contributed by atoms with Crippen molar-refractivity contribution in [2.45, 2.75) is 82.7 Å². The van der Waals surface area contributed by atoms with Crippen LogP contribution in [0.2, 0.25) is 0 Å². The number of aromatic nitrogens is 2. The number of nitrogens with one attached hydrogen (secondary N) is 1. The molecular formula is C26H35N5. The van der Waals surface area contributed by atoms with Crippen molar-refractivity contribution in [1.29, 1.82) is 0 Å². The van der Waals surface area contributed by atoms with Gasteiger partial charge in [-0.15, -0.1) is 0 Å². The molecule has 31 heavy (non-hydrogen) atoms. The maximum Gasteiger partial charge on any atom is 0.222 e. The molecule has 1 aliphatic heterocycles. The molecule has 1 aromatic rings. The number of fused-ring (bicyclic) bond motifs is 2. The summed E-state index contributed by atoms with van der Waals surface area (Å²) in [6, 6.07) is 0.808. The molecule has 1 aromatic heterocycles. The van der Waals surface area contributed by atoms with Crippen LogP contribution in [0.4, 0.5) is 5.69 Å². The Morgan fingerprint density at radius 3 is 2.87 bits per heavy atom. The number of anilines is 1. The average molecular weight is 418 g/mol. The SMILES string of the molecule is C1=CCC(C2=CCCC3C=NC(Nc4cnn(C5CCCC6CC6CC5)c4)=NC23)CC1. The van der Waals surface area contributed by atoms with E-state index in [-0.39, 0.29) is 6.04 Å². The van der Waals surface area contributed by atoms with Gasteiger partial charge in [0, 0.05) is 18.3 Å². The molecular weight excluding hydrogens is 382 g/mol. The van der Waals surface area contributed by atoms with Crippen LogP contribution in [-0.2, 0) is 0 Å². The van der Waals surface area contributed by atoms with Gasteiger partial charge in [0.05, 0.1) is 24.0 Å². The minimum absolute atomic E-state index is 0.261. The molecule has 0 amide bonds. The fourth-order valence-corrected chi connectivity index (χ4v) is 6.37. The Hall–Kier alpha value is -2.17. The van der Waals surface area contributed by atoms with Crippen molar-refractivity contribution < 1.29 is 0 Å². The van der Waals surface area contributed by atoms with Crippen molar-refractivity contribution in [2.75, 3.05) is 5.32 Å². The second-order valence-corrected chi connectivity index (χ2v) is 10.4. The van der Waals surface area contributed by atoms with E-state index in [1.165, 1.54) is 64.2 Å². The Bertz CT molecular complexity index is 922. The summed E-state index contributed by atoms with van der Waals surface area (Å²) >= 11 is 0. The molecule has 0 bridgehead atoms. The van der Waals surface area contributed by atoms with Gasteiger partial charge in [0.2, 0.25) is 5.96 Å². The van der Waals surface area contributed by atoms with Gasteiger partial charge in [-0.05, 0) is 81.1 Å². The highest BCUT2D eigenvalue weighted by Gasteiger charge is 2.38. The van der Waals surface area contributed by atoms with Crippen LogP contribution in [0.3, 0.4) is 0 Å². The number of aliphatic imine (C=N–C) groups is 2. The zero-order chi connectivity index (χ0) is 20.6. The molecule has 164 valence electrons. The molecule has 0 spiro atoms. The van der Waals surface area contributed by atoms with Gasteiger partial charge in [-0.2, -0.15) is 5.10 Å². The van der Waals surface area contributed by atoms with Gasteiger partial charge in [-0.3, -0.25) is 4.68 Å². The van der Waals surface area contributed by atoms with Gasteiger partial charge in [0.15, 0.2) is 0 Å². The fraction of sp³-hybridized carbons (Fsp3) is 0.654. The Labute approximate surface area is 185 Å². The maximum absolute atomic E-state index is 5.10. The lowest BCUT2D eigenvalue weighted by atomic mass is 9.75. The molecule has 0 saturated heterocycles. The summed E-state index contributed by atoms with van der Waals surface area (Å²) in [6.45, 7) is 0. The van der Waals surface area contributed by atoms with E-state index >= 15 is 0 Å². The first-order valence-electron chi connectivity index (χ1n) is 12.6. The molecule has 2 heterocycles. The summed E-state index contributed by atoms with van der Waals surface area (Å²) in [5, 5.41) is 8.18. The summed E-state index contributed by atoms with van der Waals surface area (Å²) in [4.78, 5) is 9.79. The van der Waals surface area contributed by atoms with Crippen molar-refractivity contribution in [3.8, 4) is 0 Å². The molecule has 0 aromatic carbocycles. The van der Waals surface area contributed by atoms with E-state index in [2.05, 4.69) is 45.6 Å². The van der Waals surface area contributed by atoms with E-state index in [1.54, 1.807) is 5.57 Å². The number of rotatable bonds is 3. The first-order valence-corrected chi connectivity index (χ1v) is 12.6. The van der Waals surface area contributed by atoms with Crippen molar-refractivity contribution in [3.05, 3.63) is 36.2 Å². The van der Waals surface area contributed by atoms with Gasteiger partial charge in [-0.25, -0.2) is 9.98 Å². The predicted molar refractivity (Wildman–Crippen MR) is 127 cm³/mol. The van der Waals surface area contributed by atoms with Crippen molar-refractivity contribution in [3.63, 3.8) is 0 Å². The van der Waals surface area contributed by atoms with E-state index < -0.39 is 0 Å². The Kier molecular flexibility index (Phi) is 5.29. The van der Waals surface area contributed by atoms with Gasteiger partial charge >= 0.3 is 0 Å². The third kappa shape index (κ3) is 4.16. The Balaban J connectivity index is 1.15. The molecule has 6 atom stereocenters. The van der Waals surface area contributed by atoms with Crippen LogP contribution >= 0.6 is 0 Å². The van der Waals surface area contributed by atoms with E-state index in [4.69, 9.17) is 10.1 Å². The summed E-state index contributed by atoms with van der Waals surface area (Å²) in [7, 11) is 0. The Morgan fingerprint density at radius 2 is 1.94 bits per heavy atom. The largest absolute Gasteiger partial charge is 0.322 e. The molecule has 1 N–H and O–H groups in total. The lowest BCUT2D eigenvalue weighted by Crippen LogP contribution is -2.34. The lowest BCUT2D eigenvalue weighted by molar-refractivity contribution is 0.341. The second kappa shape index (κ2) is 8.40. The van der Waals surface area contributed by atoms with E-state index in [9.17, 15) is 0 Å². The Morgan fingerprint density at radius 1 is 0.968 bits per heavy atom. The molecule has 2 saturated carbocycles. The fourth-order valence-electron chi connectivity index (χ4n) is 6.37. The highest BCUT2D eigenvalue weighted by atomic mass is 15.3. The van der Waals surface area contributed by atoms with Crippen LogP contribution < -0.4 is 5.32 Å². The van der Waals surface area contributed by atoms with Crippen molar-refractivity contribution >= 4 is 17.9 Å². The molecule has 6 rings (SSSR count). The van der Waals surface area contributed by atoms with Crippen molar-refractivity contribution in [1.82, 2.24) is 9.78 Å². The van der Waals surface area contributed by atoms with Gasteiger partial charge in [0.1, 0.15) is 0 Å². The zero-order valence-electron chi connectivity index (χ0n) is 18.5. The molecule has 4 aliphatic carbocycles. The number of allylic oxidation sites excluding steroid dienone is 3. The third-order valence-corrected chi connectivity index (χ3v) is 8.30. The second-order valence-electron chi connectivity index (χ2n) is 10.4. The zero-order valence-corrected chi connectivity index (χ0v) is 18.5. The molecule has 5 aliphatic rings. The molecule has 5 heteroatoms. The number of hydrogen-bond acceptors (Lipinski definition) is 4. The summed E-state index contributed by atoms with van der Waals surface area (Å²) < 4.78 is 2.20. The van der Waals surface area contributed by atoms with Gasteiger partial charge < -0.3 is 5.32 Å². The predicted octanol–water partition coefficient (Wildman–Crippen LogP) is 5.94. The van der Waals surface area contributed by atoms with Crippen LogP contribution in [0.25, 0.3) is 0 Å². The topological polar surface area (TPSA) is 54.6 Å². The molecule has 0 radical (unpaired) electrons. The minimum Gasteiger partial charge on any atom is -0.322 e. The lowest BCUT2D eigenvalue weighted by Gasteiger charge is -2.34. The van der Waals surface area contributed by atoms with Gasteiger partial charge in [0.25, 0.3) is 0 Å². The molecule has 2 fully saturated rings. The van der Waals surface area contributed by atoms with Crippen LogP contribution in [0.15, 0.2) is 46.2 Å². The smallest absolute Gasteiger partial charge is 0.222 e. The summed E-state index contributed by atoms with van der Waals surface area (Å²) in [5.41, 5.74) is 2.57. The number of hydrogen-bond donors (Lipinski definition) is 1. The maximum atomic E-state index is 5.10. The standard InChI is InChI=1S/C26H35N5/c1-2-6-18(7-3-1)24-11-5-9-21-15-27-26(30-25(21)24)29-22-16-28-31(17-22)23-10-4-8-19-14-20(19)12-13-23/h1-2,11,15-21,23,25H,3-10,12-14H2,(H,29,30). The quantitative estimate of drug-likeness (QED) is 0.619.